The molecule has 2 aromatic carbocycles. The van der Waals surface area contributed by atoms with Gasteiger partial charge in [-0.15, -0.1) is 0 Å². The Morgan fingerprint density at radius 2 is 1.83 bits per heavy atom. The second kappa shape index (κ2) is 4.86. The first-order valence-corrected chi connectivity index (χ1v) is 5.77. The molecule has 0 saturated carbocycles. The van der Waals surface area contributed by atoms with E-state index in [4.69, 9.17) is 5.11 Å². The summed E-state index contributed by atoms with van der Waals surface area (Å²) in [5.41, 5.74) is -0.0172. The number of carboxylic acids is 1. The lowest BCUT2D eigenvalue weighted by molar-refractivity contribution is 0.0697. The van der Waals surface area contributed by atoms with Crippen LogP contribution in [-0.4, -0.2) is 11.1 Å². The smallest absolute Gasteiger partial charge is 0.336 e. The van der Waals surface area contributed by atoms with Crippen molar-refractivity contribution in [2.75, 3.05) is 0 Å². The fourth-order valence-corrected chi connectivity index (χ4v) is 2.00. The Balaban J connectivity index is 2.71. The fourth-order valence-electron chi connectivity index (χ4n) is 1.64. The minimum absolute atomic E-state index is 0.0695. The zero-order chi connectivity index (χ0) is 13.3. The molecule has 0 spiro atoms. The van der Waals surface area contributed by atoms with Crippen molar-refractivity contribution in [3.8, 4) is 11.1 Å². The van der Waals surface area contributed by atoms with Crippen LogP contribution in [0.15, 0.2) is 40.9 Å². The molecule has 0 atom stereocenters. The lowest BCUT2D eigenvalue weighted by Gasteiger charge is -2.08. The quantitative estimate of drug-likeness (QED) is 0.906. The first-order chi connectivity index (χ1) is 8.50. The van der Waals surface area contributed by atoms with Crippen molar-refractivity contribution in [2.45, 2.75) is 0 Å². The molecule has 0 saturated heterocycles. The number of carboxylic acid groups (broad SMARTS) is 1. The Kier molecular flexibility index (Phi) is 3.43. The third kappa shape index (κ3) is 2.26. The third-order valence-electron chi connectivity index (χ3n) is 2.45. The van der Waals surface area contributed by atoms with Crippen LogP contribution in [0.25, 0.3) is 11.1 Å². The second-order valence-electron chi connectivity index (χ2n) is 3.60. The summed E-state index contributed by atoms with van der Waals surface area (Å²) in [5.74, 6) is -3.26. The number of halogens is 3. The van der Waals surface area contributed by atoms with Crippen LogP contribution in [-0.2, 0) is 0 Å². The molecule has 2 rings (SSSR count). The fraction of sp³-hybridized carbons (Fsp3) is 0. The summed E-state index contributed by atoms with van der Waals surface area (Å²) in [6.07, 6.45) is 0. The number of benzene rings is 2. The largest absolute Gasteiger partial charge is 0.478 e. The van der Waals surface area contributed by atoms with Crippen LogP contribution in [0.1, 0.15) is 10.4 Å². The highest BCUT2D eigenvalue weighted by Gasteiger charge is 2.17. The molecule has 0 aliphatic heterocycles. The zero-order valence-corrected chi connectivity index (χ0v) is 10.5. The molecule has 92 valence electrons. The van der Waals surface area contributed by atoms with Crippen molar-refractivity contribution >= 4 is 21.9 Å². The molecule has 0 amide bonds. The maximum atomic E-state index is 13.7. The van der Waals surface area contributed by atoms with E-state index in [0.717, 1.165) is 6.07 Å². The summed E-state index contributed by atoms with van der Waals surface area (Å²) in [6, 6.07) is 8.02. The van der Waals surface area contributed by atoms with E-state index in [2.05, 4.69) is 15.9 Å². The summed E-state index contributed by atoms with van der Waals surface area (Å²) in [6.45, 7) is 0. The molecule has 18 heavy (non-hydrogen) atoms. The van der Waals surface area contributed by atoms with E-state index in [9.17, 15) is 13.6 Å². The molecular weight excluding hydrogens is 306 g/mol. The van der Waals surface area contributed by atoms with E-state index in [1.807, 2.05) is 0 Å². The first kappa shape index (κ1) is 12.7. The van der Waals surface area contributed by atoms with Crippen LogP contribution in [0, 0.1) is 11.6 Å². The predicted octanol–water partition coefficient (Wildman–Crippen LogP) is 4.09. The summed E-state index contributed by atoms with van der Waals surface area (Å²) in [4.78, 5) is 11.1. The van der Waals surface area contributed by atoms with Crippen LogP contribution < -0.4 is 0 Å². The Morgan fingerprint density at radius 3 is 2.50 bits per heavy atom. The van der Waals surface area contributed by atoms with E-state index in [1.54, 1.807) is 6.07 Å². The molecule has 5 heteroatoms. The van der Waals surface area contributed by atoms with Gasteiger partial charge in [0.2, 0.25) is 0 Å². The number of hydrogen-bond donors (Lipinski definition) is 1. The Morgan fingerprint density at radius 1 is 1.11 bits per heavy atom. The Hall–Kier alpha value is -1.75. The van der Waals surface area contributed by atoms with E-state index < -0.39 is 17.6 Å². The van der Waals surface area contributed by atoms with E-state index >= 15 is 0 Å². The topological polar surface area (TPSA) is 37.3 Å². The van der Waals surface area contributed by atoms with Crippen molar-refractivity contribution in [2.24, 2.45) is 0 Å². The minimum atomic E-state index is -1.20. The van der Waals surface area contributed by atoms with Gasteiger partial charge in [-0.25, -0.2) is 13.6 Å². The minimum Gasteiger partial charge on any atom is -0.478 e. The number of carbonyl (C=O) groups is 1. The van der Waals surface area contributed by atoms with Gasteiger partial charge in [0.1, 0.15) is 0 Å². The van der Waals surface area contributed by atoms with Gasteiger partial charge in [0.05, 0.1) is 5.56 Å². The van der Waals surface area contributed by atoms with Gasteiger partial charge in [-0.1, -0.05) is 34.1 Å². The van der Waals surface area contributed by atoms with Crippen LogP contribution in [0.3, 0.4) is 0 Å². The van der Waals surface area contributed by atoms with Crippen LogP contribution in [0.2, 0.25) is 0 Å². The molecule has 0 aliphatic rings. The van der Waals surface area contributed by atoms with E-state index in [1.165, 1.54) is 24.3 Å². The molecule has 2 nitrogen and oxygen atoms in total. The number of rotatable bonds is 2. The second-order valence-corrected chi connectivity index (χ2v) is 4.51. The molecule has 0 aliphatic carbocycles. The van der Waals surface area contributed by atoms with Gasteiger partial charge in [-0.3, -0.25) is 0 Å². The highest BCUT2D eigenvalue weighted by Crippen LogP contribution is 2.29. The van der Waals surface area contributed by atoms with Crippen molar-refractivity contribution in [3.05, 3.63) is 58.1 Å². The Bertz CT molecular complexity index is 626. The van der Waals surface area contributed by atoms with Crippen LogP contribution in [0.5, 0.6) is 0 Å². The molecule has 1 N–H and O–H groups in total. The van der Waals surface area contributed by atoms with Gasteiger partial charge < -0.3 is 5.11 Å². The molecule has 0 fully saturated rings. The average Bonchev–Trinajstić information content (AvgIpc) is 2.33. The van der Waals surface area contributed by atoms with Crippen molar-refractivity contribution < 1.29 is 18.7 Å². The number of aromatic carboxylic acids is 1. The van der Waals surface area contributed by atoms with Gasteiger partial charge in [0, 0.05) is 10.0 Å². The van der Waals surface area contributed by atoms with Gasteiger partial charge in [-0.2, -0.15) is 0 Å². The summed E-state index contributed by atoms with van der Waals surface area (Å²) >= 11 is 3.14. The van der Waals surface area contributed by atoms with Crippen molar-refractivity contribution in [1.82, 2.24) is 0 Å². The van der Waals surface area contributed by atoms with Crippen LogP contribution in [0.4, 0.5) is 8.78 Å². The Labute approximate surface area is 110 Å². The molecular formula is C13H7BrF2O2. The monoisotopic (exact) mass is 312 g/mol. The van der Waals surface area contributed by atoms with Crippen LogP contribution >= 0.6 is 15.9 Å². The van der Waals surface area contributed by atoms with Crippen molar-refractivity contribution in [1.29, 1.82) is 0 Å². The SMILES string of the molecule is O=C(O)c1cc(Br)ccc1-c1cccc(F)c1F. The molecule has 0 radical (unpaired) electrons. The van der Waals surface area contributed by atoms with Gasteiger partial charge >= 0.3 is 5.97 Å². The highest BCUT2D eigenvalue weighted by molar-refractivity contribution is 9.10. The molecule has 0 unspecified atom stereocenters. The van der Waals surface area contributed by atoms with Gasteiger partial charge in [0.25, 0.3) is 0 Å². The molecule has 0 bridgehead atoms. The molecule has 0 aromatic heterocycles. The normalized spacial score (nSPS) is 10.4. The average molecular weight is 313 g/mol. The summed E-state index contributed by atoms with van der Waals surface area (Å²) in [7, 11) is 0. The summed E-state index contributed by atoms with van der Waals surface area (Å²) in [5, 5.41) is 9.07. The molecule has 2 aromatic rings. The standard InChI is InChI=1S/C13H7BrF2O2/c14-7-4-5-8(10(6-7)13(17)18)9-2-1-3-11(15)12(9)16/h1-6H,(H,17,18). The van der Waals surface area contributed by atoms with E-state index in [-0.39, 0.29) is 16.7 Å². The van der Waals surface area contributed by atoms with E-state index in [0.29, 0.717) is 4.47 Å². The number of hydrogen-bond acceptors (Lipinski definition) is 1. The summed E-state index contributed by atoms with van der Waals surface area (Å²) < 4.78 is 27.4. The lowest BCUT2D eigenvalue weighted by atomic mass is 9.99. The maximum Gasteiger partial charge on any atom is 0.336 e. The first-order valence-electron chi connectivity index (χ1n) is 4.98. The lowest BCUT2D eigenvalue weighted by Crippen LogP contribution is -2.01. The predicted molar refractivity (Wildman–Crippen MR) is 66.5 cm³/mol. The zero-order valence-electron chi connectivity index (χ0n) is 8.95. The third-order valence-corrected chi connectivity index (χ3v) is 2.95. The van der Waals surface area contributed by atoms with Crippen molar-refractivity contribution in [3.63, 3.8) is 0 Å². The highest BCUT2D eigenvalue weighted by atomic mass is 79.9. The maximum absolute atomic E-state index is 13.7. The van der Waals surface area contributed by atoms with Gasteiger partial charge in [0.15, 0.2) is 11.6 Å². The van der Waals surface area contributed by atoms with Gasteiger partial charge in [-0.05, 0) is 23.8 Å². The molecule has 0 heterocycles.